The summed E-state index contributed by atoms with van der Waals surface area (Å²) in [5, 5.41) is 8.83. The molecule has 8 nitrogen and oxygen atoms in total. The van der Waals surface area contributed by atoms with Gasteiger partial charge in [0.1, 0.15) is 5.82 Å². The smallest absolute Gasteiger partial charge is 0.252 e. The van der Waals surface area contributed by atoms with Crippen molar-refractivity contribution in [3.05, 3.63) is 71.9 Å². The predicted molar refractivity (Wildman–Crippen MR) is 108 cm³/mol. The highest BCUT2D eigenvalue weighted by atomic mass is 19.1. The largest absolute Gasteiger partial charge is 0.379 e. The summed E-state index contributed by atoms with van der Waals surface area (Å²) in [6.07, 6.45) is 1.36. The fraction of sp³-hybridized carbons (Fsp3) is 0.100. The molecule has 0 atom stereocenters. The molecule has 1 aromatic carbocycles. The molecule has 2 aromatic heterocycles. The second kappa shape index (κ2) is 8.79. The lowest BCUT2D eigenvalue weighted by Crippen LogP contribution is -2.15. The Kier molecular flexibility index (Phi) is 5.98. The van der Waals surface area contributed by atoms with E-state index < -0.39 is 11.9 Å². The van der Waals surface area contributed by atoms with E-state index in [-0.39, 0.29) is 18.0 Å². The number of amides is 2. The fourth-order valence-electron chi connectivity index (χ4n) is 2.59. The van der Waals surface area contributed by atoms with Gasteiger partial charge in [-0.05, 0) is 36.4 Å². The van der Waals surface area contributed by atoms with E-state index in [4.69, 9.17) is 5.73 Å². The Labute approximate surface area is 166 Å². The molecule has 0 fully saturated rings. The van der Waals surface area contributed by atoms with Crippen LogP contribution >= 0.6 is 0 Å². The number of hydrogen-bond donors (Lipinski definition) is 4. The molecule has 29 heavy (non-hydrogen) atoms. The molecular formula is C20H19FN6O2. The fourth-order valence-corrected chi connectivity index (χ4v) is 2.59. The van der Waals surface area contributed by atoms with E-state index in [0.29, 0.717) is 22.9 Å². The van der Waals surface area contributed by atoms with E-state index in [1.165, 1.54) is 19.2 Å². The van der Waals surface area contributed by atoms with Gasteiger partial charge in [0.2, 0.25) is 11.9 Å². The molecular weight excluding hydrogens is 375 g/mol. The lowest BCUT2D eigenvalue weighted by atomic mass is 10.2. The monoisotopic (exact) mass is 394 g/mol. The highest BCUT2D eigenvalue weighted by Gasteiger charge is 2.11. The highest BCUT2D eigenvalue weighted by molar-refractivity contribution is 5.98. The molecule has 2 heterocycles. The van der Waals surface area contributed by atoms with Crippen LogP contribution in [0.2, 0.25) is 0 Å². The summed E-state index contributed by atoms with van der Waals surface area (Å²) < 4.78 is 13.2. The standard InChI is InChI=1S/C20H19FN6O2/c1-12(28)25-13-5-7-14(8-6-13)27-19-9-17(16(11-24-19)20(22)29)23-10-15-3-2-4-18(21)26-15/h2-9,11H,10H2,1H3,(H2,22,29)(H,25,28)(H2,23,24,27). The van der Waals surface area contributed by atoms with E-state index in [0.717, 1.165) is 5.69 Å². The summed E-state index contributed by atoms with van der Waals surface area (Å²) in [5.41, 5.74) is 7.94. The summed E-state index contributed by atoms with van der Waals surface area (Å²) in [4.78, 5) is 30.8. The van der Waals surface area contributed by atoms with Crippen LogP contribution in [0.15, 0.2) is 54.7 Å². The van der Waals surface area contributed by atoms with Crippen LogP contribution in [0.5, 0.6) is 0 Å². The average molecular weight is 394 g/mol. The van der Waals surface area contributed by atoms with Gasteiger partial charge in [-0.2, -0.15) is 4.39 Å². The molecule has 5 N–H and O–H groups in total. The molecule has 0 saturated heterocycles. The lowest BCUT2D eigenvalue weighted by Gasteiger charge is -2.13. The molecule has 0 aliphatic rings. The third-order valence-electron chi connectivity index (χ3n) is 3.88. The molecule has 0 aliphatic carbocycles. The summed E-state index contributed by atoms with van der Waals surface area (Å²) >= 11 is 0. The first kappa shape index (κ1) is 19.7. The Morgan fingerprint density at radius 2 is 1.83 bits per heavy atom. The van der Waals surface area contributed by atoms with Crippen molar-refractivity contribution in [2.45, 2.75) is 13.5 Å². The number of nitrogens with zero attached hydrogens (tertiary/aromatic N) is 2. The van der Waals surface area contributed by atoms with Crippen LogP contribution < -0.4 is 21.7 Å². The number of primary amides is 1. The molecule has 0 unspecified atom stereocenters. The summed E-state index contributed by atoms with van der Waals surface area (Å²) in [6.45, 7) is 1.64. The Balaban J connectivity index is 1.77. The number of nitrogens with one attached hydrogen (secondary N) is 3. The van der Waals surface area contributed by atoms with Crippen LogP contribution in [-0.4, -0.2) is 21.8 Å². The zero-order valence-electron chi connectivity index (χ0n) is 15.6. The van der Waals surface area contributed by atoms with Crippen molar-refractivity contribution in [1.29, 1.82) is 0 Å². The number of nitrogens with two attached hydrogens (primary N) is 1. The van der Waals surface area contributed by atoms with Crippen LogP contribution in [0.25, 0.3) is 0 Å². The first-order valence-electron chi connectivity index (χ1n) is 8.70. The maximum atomic E-state index is 13.2. The van der Waals surface area contributed by atoms with Gasteiger partial charge in [-0.25, -0.2) is 9.97 Å². The Morgan fingerprint density at radius 1 is 1.10 bits per heavy atom. The molecule has 0 aliphatic heterocycles. The molecule has 3 rings (SSSR count). The number of halogens is 1. The van der Waals surface area contributed by atoms with Gasteiger partial charge in [0.25, 0.3) is 5.91 Å². The van der Waals surface area contributed by atoms with Crippen LogP contribution in [0.4, 0.5) is 27.3 Å². The number of hydrogen-bond acceptors (Lipinski definition) is 6. The van der Waals surface area contributed by atoms with Gasteiger partial charge in [0, 0.05) is 30.6 Å². The normalized spacial score (nSPS) is 10.3. The van der Waals surface area contributed by atoms with E-state index >= 15 is 0 Å². The molecule has 0 saturated carbocycles. The molecule has 0 bridgehead atoms. The Hall–Kier alpha value is -4.01. The van der Waals surface area contributed by atoms with Gasteiger partial charge in [0.05, 0.1) is 23.5 Å². The number of carbonyl (C=O) groups excluding carboxylic acids is 2. The maximum absolute atomic E-state index is 13.2. The first-order valence-corrected chi connectivity index (χ1v) is 8.70. The molecule has 3 aromatic rings. The summed E-state index contributed by atoms with van der Waals surface area (Å²) in [5.74, 6) is -0.910. The van der Waals surface area contributed by atoms with Crippen molar-refractivity contribution in [3.8, 4) is 0 Å². The minimum atomic E-state index is -0.640. The van der Waals surface area contributed by atoms with Gasteiger partial charge in [0.15, 0.2) is 0 Å². The van der Waals surface area contributed by atoms with Crippen molar-refractivity contribution in [2.75, 3.05) is 16.0 Å². The van der Waals surface area contributed by atoms with Crippen LogP contribution in [0.1, 0.15) is 23.0 Å². The predicted octanol–water partition coefficient (Wildman–Crippen LogP) is 3.03. The summed E-state index contributed by atoms with van der Waals surface area (Å²) in [7, 11) is 0. The van der Waals surface area contributed by atoms with Gasteiger partial charge in [-0.3, -0.25) is 9.59 Å². The third-order valence-corrected chi connectivity index (χ3v) is 3.88. The van der Waals surface area contributed by atoms with E-state index in [9.17, 15) is 14.0 Å². The Morgan fingerprint density at radius 3 is 2.48 bits per heavy atom. The Bertz CT molecular complexity index is 1040. The van der Waals surface area contributed by atoms with Crippen molar-refractivity contribution in [3.63, 3.8) is 0 Å². The van der Waals surface area contributed by atoms with Gasteiger partial charge in [-0.15, -0.1) is 0 Å². The van der Waals surface area contributed by atoms with E-state index in [1.807, 2.05) is 0 Å². The van der Waals surface area contributed by atoms with E-state index in [1.54, 1.807) is 42.5 Å². The minimum absolute atomic E-state index is 0.155. The van der Waals surface area contributed by atoms with Gasteiger partial charge in [-0.1, -0.05) is 6.07 Å². The molecule has 2 amide bonds. The minimum Gasteiger partial charge on any atom is -0.379 e. The number of carbonyl (C=O) groups is 2. The number of anilines is 4. The van der Waals surface area contributed by atoms with Crippen molar-refractivity contribution >= 4 is 34.7 Å². The van der Waals surface area contributed by atoms with Gasteiger partial charge < -0.3 is 21.7 Å². The van der Waals surface area contributed by atoms with Gasteiger partial charge >= 0.3 is 0 Å². The second-order valence-electron chi connectivity index (χ2n) is 6.17. The third kappa shape index (κ3) is 5.48. The SMILES string of the molecule is CC(=O)Nc1ccc(Nc2cc(NCc3cccc(F)n3)c(C(N)=O)cn2)cc1. The molecule has 9 heteroatoms. The quantitative estimate of drug-likeness (QED) is 0.457. The molecule has 0 radical (unpaired) electrons. The first-order chi connectivity index (χ1) is 13.9. The van der Waals surface area contributed by atoms with Crippen LogP contribution in [-0.2, 0) is 11.3 Å². The zero-order chi connectivity index (χ0) is 20.8. The topological polar surface area (TPSA) is 122 Å². The van der Waals surface area contributed by atoms with Crippen molar-refractivity contribution in [2.24, 2.45) is 5.73 Å². The number of aromatic nitrogens is 2. The lowest BCUT2D eigenvalue weighted by molar-refractivity contribution is -0.114. The second-order valence-corrected chi connectivity index (χ2v) is 6.17. The number of benzene rings is 1. The maximum Gasteiger partial charge on any atom is 0.252 e. The van der Waals surface area contributed by atoms with Crippen molar-refractivity contribution in [1.82, 2.24) is 9.97 Å². The zero-order valence-corrected chi connectivity index (χ0v) is 15.6. The van der Waals surface area contributed by atoms with Crippen LogP contribution in [0.3, 0.4) is 0 Å². The average Bonchev–Trinajstić information content (AvgIpc) is 2.67. The summed E-state index contributed by atoms with van der Waals surface area (Å²) in [6, 6.07) is 13.1. The van der Waals surface area contributed by atoms with Crippen molar-refractivity contribution < 1.29 is 14.0 Å². The van der Waals surface area contributed by atoms with Crippen LogP contribution in [0, 0.1) is 5.95 Å². The highest BCUT2D eigenvalue weighted by Crippen LogP contribution is 2.23. The number of rotatable bonds is 7. The molecule has 0 spiro atoms. The van der Waals surface area contributed by atoms with E-state index in [2.05, 4.69) is 25.9 Å². The molecule has 148 valence electrons. The number of pyridine rings is 2.